The molecule has 4 heteroatoms. The number of hydrogen-bond donors (Lipinski definition) is 1. The Hall–Kier alpha value is -2.17. The molecule has 3 aromatic carbocycles. The lowest BCUT2D eigenvalue weighted by molar-refractivity contribution is 0.482. The molecule has 0 amide bonds. The van der Waals surface area contributed by atoms with Gasteiger partial charge in [-0.05, 0) is 27.5 Å². The average molecular weight is 298 g/mol. The standard InChI is InChI=1S/C17H14O3S/c18-21(19,20)12-13-8-10-15(11-9-13)17-7-3-5-14-4-1-2-6-16(14)17/h1-11H,12H2,(H,18,19,20). The molecule has 0 spiro atoms. The summed E-state index contributed by atoms with van der Waals surface area (Å²) in [5.41, 5.74) is 2.69. The maximum atomic E-state index is 10.9. The Labute approximate surface area is 123 Å². The summed E-state index contributed by atoms with van der Waals surface area (Å²) in [6.45, 7) is 0. The van der Waals surface area contributed by atoms with Gasteiger partial charge in [0.25, 0.3) is 10.1 Å². The van der Waals surface area contributed by atoms with Crippen molar-refractivity contribution in [1.29, 1.82) is 0 Å². The summed E-state index contributed by atoms with van der Waals surface area (Å²) >= 11 is 0. The van der Waals surface area contributed by atoms with Crippen molar-refractivity contribution in [2.45, 2.75) is 5.75 Å². The third-order valence-electron chi connectivity index (χ3n) is 3.40. The maximum absolute atomic E-state index is 10.9. The topological polar surface area (TPSA) is 54.4 Å². The van der Waals surface area contributed by atoms with Crippen molar-refractivity contribution in [3.8, 4) is 11.1 Å². The lowest BCUT2D eigenvalue weighted by Crippen LogP contribution is -2.01. The highest BCUT2D eigenvalue weighted by atomic mass is 32.2. The second-order valence-corrected chi connectivity index (χ2v) is 6.40. The van der Waals surface area contributed by atoms with E-state index in [2.05, 4.69) is 18.2 Å². The zero-order chi connectivity index (χ0) is 14.9. The molecule has 3 rings (SSSR count). The summed E-state index contributed by atoms with van der Waals surface area (Å²) in [6.07, 6.45) is 0. The second kappa shape index (κ2) is 5.31. The van der Waals surface area contributed by atoms with Crippen LogP contribution in [0.2, 0.25) is 0 Å². The molecular weight excluding hydrogens is 284 g/mol. The van der Waals surface area contributed by atoms with Crippen LogP contribution >= 0.6 is 0 Å². The molecule has 0 saturated heterocycles. The SMILES string of the molecule is O=S(=O)(O)Cc1ccc(-c2cccc3ccccc23)cc1. The first kappa shape index (κ1) is 13.8. The molecule has 106 valence electrons. The first-order valence-electron chi connectivity index (χ1n) is 6.55. The van der Waals surface area contributed by atoms with Crippen LogP contribution in [0.3, 0.4) is 0 Å². The molecule has 0 unspecified atom stereocenters. The zero-order valence-corrected chi connectivity index (χ0v) is 12.0. The summed E-state index contributed by atoms with van der Waals surface area (Å²) in [7, 11) is -3.99. The van der Waals surface area contributed by atoms with Gasteiger partial charge in [-0.1, -0.05) is 66.7 Å². The fourth-order valence-corrected chi connectivity index (χ4v) is 3.08. The molecule has 0 aliphatic carbocycles. The minimum absolute atomic E-state index is 0.358. The smallest absolute Gasteiger partial charge is 0.269 e. The first-order valence-corrected chi connectivity index (χ1v) is 8.16. The molecule has 0 heterocycles. The highest BCUT2D eigenvalue weighted by Gasteiger charge is 2.07. The molecule has 0 radical (unpaired) electrons. The number of benzene rings is 3. The summed E-state index contributed by atoms with van der Waals surface area (Å²) in [4.78, 5) is 0. The number of fused-ring (bicyclic) bond motifs is 1. The number of rotatable bonds is 3. The van der Waals surface area contributed by atoms with Crippen molar-refractivity contribution in [2.75, 3.05) is 0 Å². The van der Waals surface area contributed by atoms with E-state index in [0.717, 1.165) is 21.9 Å². The van der Waals surface area contributed by atoms with Crippen LogP contribution in [0.1, 0.15) is 5.56 Å². The van der Waals surface area contributed by atoms with Gasteiger partial charge >= 0.3 is 0 Å². The maximum Gasteiger partial charge on any atom is 0.269 e. The number of hydrogen-bond acceptors (Lipinski definition) is 2. The van der Waals surface area contributed by atoms with Crippen molar-refractivity contribution in [3.05, 3.63) is 72.3 Å². The Balaban J connectivity index is 2.04. The molecule has 3 aromatic rings. The van der Waals surface area contributed by atoms with Gasteiger partial charge in [0.05, 0.1) is 0 Å². The molecule has 0 aromatic heterocycles. The molecule has 0 aliphatic heterocycles. The first-order chi connectivity index (χ1) is 10.0. The van der Waals surface area contributed by atoms with Crippen LogP contribution in [0.5, 0.6) is 0 Å². The van der Waals surface area contributed by atoms with E-state index in [1.54, 1.807) is 12.1 Å². The van der Waals surface area contributed by atoms with E-state index in [-0.39, 0.29) is 5.75 Å². The van der Waals surface area contributed by atoms with Gasteiger partial charge in [-0.2, -0.15) is 8.42 Å². The molecule has 0 aliphatic rings. The minimum atomic E-state index is -3.99. The molecule has 0 saturated carbocycles. The van der Waals surface area contributed by atoms with Gasteiger partial charge in [-0.25, -0.2) is 0 Å². The van der Waals surface area contributed by atoms with E-state index in [4.69, 9.17) is 4.55 Å². The Bertz CT molecular complexity index is 876. The van der Waals surface area contributed by atoms with Gasteiger partial charge in [0.2, 0.25) is 0 Å². The summed E-state index contributed by atoms with van der Waals surface area (Å²) in [6, 6.07) is 21.4. The van der Waals surface area contributed by atoms with Crippen LogP contribution in [0.4, 0.5) is 0 Å². The van der Waals surface area contributed by atoms with Crippen LogP contribution in [0, 0.1) is 0 Å². The Morgan fingerprint density at radius 1 is 0.810 bits per heavy atom. The molecule has 1 N–H and O–H groups in total. The predicted molar refractivity (Wildman–Crippen MR) is 84.6 cm³/mol. The highest BCUT2D eigenvalue weighted by molar-refractivity contribution is 7.85. The van der Waals surface area contributed by atoms with E-state index in [1.807, 2.05) is 36.4 Å². The monoisotopic (exact) mass is 298 g/mol. The van der Waals surface area contributed by atoms with Gasteiger partial charge < -0.3 is 0 Å². The van der Waals surface area contributed by atoms with E-state index in [1.165, 1.54) is 0 Å². The van der Waals surface area contributed by atoms with Crippen LogP contribution in [-0.4, -0.2) is 13.0 Å². The fourth-order valence-electron chi connectivity index (χ4n) is 2.47. The van der Waals surface area contributed by atoms with Crippen molar-refractivity contribution < 1.29 is 13.0 Å². The van der Waals surface area contributed by atoms with Crippen molar-refractivity contribution in [3.63, 3.8) is 0 Å². The highest BCUT2D eigenvalue weighted by Crippen LogP contribution is 2.28. The van der Waals surface area contributed by atoms with Crippen molar-refractivity contribution in [1.82, 2.24) is 0 Å². The van der Waals surface area contributed by atoms with Gasteiger partial charge in [0.1, 0.15) is 5.75 Å². The van der Waals surface area contributed by atoms with Crippen molar-refractivity contribution >= 4 is 20.9 Å². The normalized spacial score (nSPS) is 11.7. The van der Waals surface area contributed by atoms with Crippen LogP contribution in [0.15, 0.2) is 66.7 Å². The quantitative estimate of drug-likeness (QED) is 0.746. The van der Waals surface area contributed by atoms with Crippen LogP contribution in [0.25, 0.3) is 21.9 Å². The molecule has 0 bridgehead atoms. The van der Waals surface area contributed by atoms with E-state index < -0.39 is 10.1 Å². The van der Waals surface area contributed by atoms with Crippen molar-refractivity contribution in [2.24, 2.45) is 0 Å². The third-order valence-corrected chi connectivity index (χ3v) is 4.10. The van der Waals surface area contributed by atoms with Gasteiger partial charge in [0.15, 0.2) is 0 Å². The third kappa shape index (κ3) is 3.12. The van der Waals surface area contributed by atoms with Crippen LogP contribution in [-0.2, 0) is 15.9 Å². The van der Waals surface area contributed by atoms with Gasteiger partial charge in [-0.3, -0.25) is 4.55 Å². The Kier molecular flexibility index (Phi) is 3.49. The molecule has 0 fully saturated rings. The van der Waals surface area contributed by atoms with Gasteiger partial charge in [0, 0.05) is 0 Å². The average Bonchev–Trinajstić information content (AvgIpc) is 2.46. The zero-order valence-electron chi connectivity index (χ0n) is 11.2. The Morgan fingerprint density at radius 2 is 1.48 bits per heavy atom. The lowest BCUT2D eigenvalue weighted by atomic mass is 9.98. The predicted octanol–water partition coefficient (Wildman–Crippen LogP) is 3.89. The largest absolute Gasteiger partial charge is 0.285 e. The van der Waals surface area contributed by atoms with E-state index in [9.17, 15) is 8.42 Å². The molecule has 21 heavy (non-hydrogen) atoms. The fraction of sp³-hybridized carbons (Fsp3) is 0.0588. The summed E-state index contributed by atoms with van der Waals surface area (Å²) in [5, 5.41) is 2.32. The molecule has 0 atom stereocenters. The van der Waals surface area contributed by atoms with E-state index in [0.29, 0.717) is 5.56 Å². The summed E-state index contributed by atoms with van der Waals surface area (Å²) < 4.78 is 30.6. The Morgan fingerprint density at radius 3 is 2.19 bits per heavy atom. The summed E-state index contributed by atoms with van der Waals surface area (Å²) in [5.74, 6) is -0.358. The lowest BCUT2D eigenvalue weighted by Gasteiger charge is -2.07. The van der Waals surface area contributed by atoms with Gasteiger partial charge in [-0.15, -0.1) is 0 Å². The van der Waals surface area contributed by atoms with Crippen LogP contribution < -0.4 is 0 Å². The van der Waals surface area contributed by atoms with E-state index >= 15 is 0 Å². The molecule has 3 nitrogen and oxygen atoms in total. The molecular formula is C17H14O3S. The second-order valence-electron chi connectivity index (χ2n) is 4.95. The minimum Gasteiger partial charge on any atom is -0.285 e.